The number of fused-ring (bicyclic) bond motifs is 5. The van der Waals surface area contributed by atoms with E-state index in [4.69, 9.17) is 5.11 Å². The van der Waals surface area contributed by atoms with E-state index >= 15 is 0 Å². The van der Waals surface area contributed by atoms with Gasteiger partial charge in [0.25, 0.3) is 0 Å². The lowest BCUT2D eigenvalue weighted by atomic mass is 9.43. The molecule has 4 aliphatic rings. The Morgan fingerprint density at radius 1 is 1.14 bits per heavy atom. The van der Waals surface area contributed by atoms with Crippen molar-refractivity contribution >= 4 is 11.8 Å². The highest BCUT2D eigenvalue weighted by Gasteiger charge is 2.65. The Morgan fingerprint density at radius 3 is 2.55 bits per heavy atom. The number of rotatable bonds is 4. The van der Waals surface area contributed by atoms with E-state index in [0.717, 1.165) is 38.5 Å². The van der Waals surface area contributed by atoms with Gasteiger partial charge in [0.15, 0.2) is 0 Å². The predicted octanol–water partition coefficient (Wildman–Crippen LogP) is 3.66. The minimum atomic E-state index is -0.771. The van der Waals surface area contributed by atoms with Crippen LogP contribution >= 0.6 is 0 Å². The summed E-state index contributed by atoms with van der Waals surface area (Å²) in [4.78, 5) is 24.7. The van der Waals surface area contributed by atoms with Gasteiger partial charge in [-0.05, 0) is 85.9 Å². The summed E-state index contributed by atoms with van der Waals surface area (Å²) < 4.78 is 0. The first-order valence-electron chi connectivity index (χ1n) is 11.7. The number of carbonyl (C=O) groups excluding carboxylic acids is 1. The van der Waals surface area contributed by atoms with Gasteiger partial charge in [0.2, 0.25) is 0 Å². The second-order valence-corrected chi connectivity index (χ2v) is 11.2. The van der Waals surface area contributed by atoms with Crippen LogP contribution < -0.4 is 0 Å². The second kappa shape index (κ2) is 7.33. The molecule has 0 aromatic carbocycles. The lowest BCUT2D eigenvalue weighted by Crippen LogP contribution is -2.61. The number of Topliss-reactive ketones (excluding diaryl/α,β-unsaturated/α-hetero) is 1. The van der Waals surface area contributed by atoms with Crippen LogP contribution in [-0.4, -0.2) is 39.3 Å². The van der Waals surface area contributed by atoms with E-state index in [0.29, 0.717) is 24.5 Å². The summed E-state index contributed by atoms with van der Waals surface area (Å²) in [5, 5.41) is 30.5. The van der Waals surface area contributed by atoms with Crippen LogP contribution in [0.2, 0.25) is 0 Å². The second-order valence-electron chi connectivity index (χ2n) is 11.2. The Morgan fingerprint density at radius 2 is 1.86 bits per heavy atom. The SMILES string of the molecule is C[C@@H](CCC(=O)O)[C@H]1CCC2C3C(CC(=O)[C@@]21C)[C@@]1(C)CC[C@@H](O)C[C@H]1C[C@H]3O. The van der Waals surface area contributed by atoms with Crippen LogP contribution in [0.15, 0.2) is 0 Å². The van der Waals surface area contributed by atoms with E-state index in [-0.39, 0.29) is 47.5 Å². The maximum absolute atomic E-state index is 13.6. The van der Waals surface area contributed by atoms with Gasteiger partial charge >= 0.3 is 5.97 Å². The van der Waals surface area contributed by atoms with Gasteiger partial charge in [-0.1, -0.05) is 20.8 Å². The highest BCUT2D eigenvalue weighted by Crippen LogP contribution is 2.67. The molecule has 4 saturated carbocycles. The normalized spacial score (nSPS) is 50.4. The first-order chi connectivity index (χ1) is 13.6. The highest BCUT2D eigenvalue weighted by atomic mass is 16.4. The van der Waals surface area contributed by atoms with Gasteiger partial charge in [-0.15, -0.1) is 0 Å². The standard InChI is InChI=1S/C24H38O5/c1-13(4-7-21(28)29)16-5-6-17-22-18(12-20(27)24(16,17)3)23(2)9-8-15(25)10-14(23)11-19(22)26/h13-19,22,25-26H,4-12H2,1-3H3,(H,28,29)/t13-,14-,15+,16+,17?,18?,19+,22?,23-,24+/m0/s1. The lowest BCUT2D eigenvalue weighted by Gasteiger charge is -2.61. The number of ketones is 1. The Hall–Kier alpha value is -0.940. The number of carbonyl (C=O) groups is 2. The molecule has 0 bridgehead atoms. The van der Waals surface area contributed by atoms with Crippen LogP contribution in [0.5, 0.6) is 0 Å². The van der Waals surface area contributed by atoms with Crippen molar-refractivity contribution in [3.63, 3.8) is 0 Å². The Labute approximate surface area is 174 Å². The van der Waals surface area contributed by atoms with Crippen molar-refractivity contribution in [3.05, 3.63) is 0 Å². The van der Waals surface area contributed by atoms with Crippen molar-refractivity contribution in [2.24, 2.45) is 46.3 Å². The fourth-order valence-electron chi connectivity index (χ4n) is 8.41. The van der Waals surface area contributed by atoms with E-state index in [2.05, 4.69) is 20.8 Å². The third-order valence-corrected chi connectivity index (χ3v) is 10.1. The molecular weight excluding hydrogens is 368 g/mol. The van der Waals surface area contributed by atoms with Gasteiger partial charge in [0, 0.05) is 18.3 Å². The largest absolute Gasteiger partial charge is 0.481 e. The molecule has 3 unspecified atom stereocenters. The zero-order chi connectivity index (χ0) is 21.1. The molecule has 0 saturated heterocycles. The van der Waals surface area contributed by atoms with Crippen LogP contribution in [0.3, 0.4) is 0 Å². The molecule has 4 fully saturated rings. The molecule has 3 N–H and O–H groups in total. The summed E-state index contributed by atoms with van der Waals surface area (Å²) >= 11 is 0. The molecule has 0 aromatic heterocycles. The smallest absolute Gasteiger partial charge is 0.303 e. The molecule has 164 valence electrons. The van der Waals surface area contributed by atoms with Crippen molar-refractivity contribution in [2.75, 3.05) is 0 Å². The van der Waals surface area contributed by atoms with Gasteiger partial charge in [-0.25, -0.2) is 0 Å². The van der Waals surface area contributed by atoms with Crippen LogP contribution in [-0.2, 0) is 9.59 Å². The monoisotopic (exact) mass is 406 g/mol. The van der Waals surface area contributed by atoms with Gasteiger partial charge in [-0.3, -0.25) is 9.59 Å². The lowest BCUT2D eigenvalue weighted by molar-refractivity contribution is -0.181. The molecule has 4 aliphatic carbocycles. The maximum Gasteiger partial charge on any atom is 0.303 e. The number of hydrogen-bond acceptors (Lipinski definition) is 4. The minimum Gasteiger partial charge on any atom is -0.481 e. The maximum atomic E-state index is 13.6. The van der Waals surface area contributed by atoms with Crippen LogP contribution in [0.4, 0.5) is 0 Å². The molecule has 10 atom stereocenters. The zero-order valence-corrected chi connectivity index (χ0v) is 18.1. The molecule has 0 aromatic rings. The van der Waals surface area contributed by atoms with Gasteiger partial charge in [0.1, 0.15) is 5.78 Å². The van der Waals surface area contributed by atoms with E-state index in [1.807, 2.05) is 0 Å². The summed E-state index contributed by atoms with van der Waals surface area (Å²) in [6.45, 7) is 6.54. The Kier molecular flexibility index (Phi) is 5.39. The minimum absolute atomic E-state index is 0.0348. The van der Waals surface area contributed by atoms with E-state index in [9.17, 15) is 19.8 Å². The number of aliphatic hydroxyl groups is 2. The van der Waals surface area contributed by atoms with Crippen molar-refractivity contribution in [2.45, 2.75) is 90.8 Å². The van der Waals surface area contributed by atoms with Crippen molar-refractivity contribution in [3.8, 4) is 0 Å². The van der Waals surface area contributed by atoms with Gasteiger partial charge in [0.05, 0.1) is 12.2 Å². The number of aliphatic hydroxyl groups excluding tert-OH is 2. The summed E-state index contributed by atoms with van der Waals surface area (Å²) in [5.41, 5.74) is -0.398. The first-order valence-corrected chi connectivity index (χ1v) is 11.7. The molecule has 0 radical (unpaired) electrons. The molecule has 5 nitrogen and oxygen atoms in total. The molecular formula is C24H38O5. The number of hydrogen-bond donors (Lipinski definition) is 3. The molecule has 0 amide bonds. The third-order valence-electron chi connectivity index (χ3n) is 10.1. The molecule has 29 heavy (non-hydrogen) atoms. The Bertz CT molecular complexity index is 676. The van der Waals surface area contributed by atoms with Crippen LogP contribution in [0.25, 0.3) is 0 Å². The first kappa shape index (κ1) is 21.3. The van der Waals surface area contributed by atoms with Gasteiger partial charge < -0.3 is 15.3 Å². The summed E-state index contributed by atoms with van der Waals surface area (Å²) in [5.74, 6) is 0.855. The van der Waals surface area contributed by atoms with E-state index in [1.54, 1.807) is 0 Å². The Balaban J connectivity index is 1.62. The topological polar surface area (TPSA) is 94.8 Å². The molecule has 0 heterocycles. The summed E-state index contributed by atoms with van der Waals surface area (Å²) in [6.07, 6.45) is 5.82. The van der Waals surface area contributed by atoms with Crippen molar-refractivity contribution in [1.82, 2.24) is 0 Å². The van der Waals surface area contributed by atoms with Crippen LogP contribution in [0, 0.1) is 46.3 Å². The zero-order valence-electron chi connectivity index (χ0n) is 18.1. The van der Waals surface area contributed by atoms with E-state index < -0.39 is 17.5 Å². The fourth-order valence-corrected chi connectivity index (χ4v) is 8.41. The third kappa shape index (κ3) is 3.18. The van der Waals surface area contributed by atoms with Crippen molar-refractivity contribution in [1.29, 1.82) is 0 Å². The van der Waals surface area contributed by atoms with Crippen molar-refractivity contribution < 1.29 is 24.9 Å². The fraction of sp³-hybridized carbons (Fsp3) is 0.917. The van der Waals surface area contributed by atoms with E-state index in [1.165, 1.54) is 0 Å². The summed E-state index contributed by atoms with van der Waals surface area (Å²) in [7, 11) is 0. The summed E-state index contributed by atoms with van der Waals surface area (Å²) in [6, 6.07) is 0. The number of carboxylic acid groups (broad SMARTS) is 1. The average molecular weight is 407 g/mol. The molecule has 0 aliphatic heterocycles. The predicted molar refractivity (Wildman–Crippen MR) is 109 cm³/mol. The van der Waals surface area contributed by atoms with Crippen LogP contribution in [0.1, 0.15) is 78.6 Å². The molecule has 5 heteroatoms. The number of aliphatic carboxylic acids is 1. The highest BCUT2D eigenvalue weighted by molar-refractivity contribution is 5.87. The van der Waals surface area contributed by atoms with Gasteiger partial charge in [-0.2, -0.15) is 0 Å². The number of carboxylic acids is 1. The quantitative estimate of drug-likeness (QED) is 0.662. The molecule has 4 rings (SSSR count). The average Bonchev–Trinajstić information content (AvgIpc) is 3.01. The molecule has 0 spiro atoms.